The van der Waals surface area contributed by atoms with Crippen LogP contribution in [0.1, 0.15) is 38.3 Å². The third kappa shape index (κ3) is 7.77. The highest BCUT2D eigenvalue weighted by molar-refractivity contribution is 7.92. The summed E-state index contributed by atoms with van der Waals surface area (Å²) in [6, 6.07) is 19.0. The Bertz CT molecular complexity index is 1430. The molecule has 0 saturated carbocycles. The zero-order valence-electron chi connectivity index (χ0n) is 23.1. The highest BCUT2D eigenvalue weighted by Gasteiger charge is 2.34. The Balaban J connectivity index is 2.09. The lowest BCUT2D eigenvalue weighted by Crippen LogP contribution is -2.52. The minimum absolute atomic E-state index is 0.00832. The summed E-state index contributed by atoms with van der Waals surface area (Å²) in [4.78, 5) is 28.9. The molecule has 0 aliphatic rings. The van der Waals surface area contributed by atoms with Crippen LogP contribution in [0.2, 0.25) is 10.0 Å². The summed E-state index contributed by atoms with van der Waals surface area (Å²) in [5.41, 5.74) is 1.87. The number of anilines is 1. The minimum atomic E-state index is -4.23. The van der Waals surface area contributed by atoms with Gasteiger partial charge in [0.15, 0.2) is 0 Å². The number of nitrogens with one attached hydrogen (secondary N) is 1. The molecule has 214 valence electrons. The monoisotopic (exact) mass is 603 g/mol. The van der Waals surface area contributed by atoms with E-state index in [-0.39, 0.29) is 39.0 Å². The van der Waals surface area contributed by atoms with E-state index in [9.17, 15) is 18.0 Å². The van der Waals surface area contributed by atoms with Crippen molar-refractivity contribution in [3.63, 3.8) is 0 Å². The Morgan fingerprint density at radius 2 is 1.60 bits per heavy atom. The molecular weight excluding hydrogens is 569 g/mol. The lowest BCUT2D eigenvalue weighted by molar-refractivity contribution is -0.140. The number of benzene rings is 3. The average Bonchev–Trinajstić information content (AvgIpc) is 2.93. The van der Waals surface area contributed by atoms with Gasteiger partial charge in [-0.3, -0.25) is 13.9 Å². The minimum Gasteiger partial charge on any atom is -0.354 e. The van der Waals surface area contributed by atoms with Gasteiger partial charge in [-0.25, -0.2) is 8.42 Å². The van der Waals surface area contributed by atoms with Gasteiger partial charge < -0.3 is 10.2 Å². The van der Waals surface area contributed by atoms with E-state index in [0.29, 0.717) is 13.0 Å². The molecule has 0 fully saturated rings. The predicted octanol–water partition coefficient (Wildman–Crippen LogP) is 6.08. The lowest BCUT2D eigenvalue weighted by Gasteiger charge is -2.34. The Morgan fingerprint density at radius 3 is 2.23 bits per heavy atom. The molecule has 40 heavy (non-hydrogen) atoms. The number of halogens is 2. The fraction of sp³-hybridized carbons (Fsp3) is 0.333. The summed E-state index contributed by atoms with van der Waals surface area (Å²) in [6.45, 7) is 7.71. The molecule has 0 aliphatic heterocycles. The van der Waals surface area contributed by atoms with Crippen molar-refractivity contribution >= 4 is 50.7 Å². The average molecular weight is 605 g/mol. The normalized spacial score (nSPS) is 12.2. The number of hydrogen-bond acceptors (Lipinski definition) is 4. The van der Waals surface area contributed by atoms with E-state index in [4.69, 9.17) is 23.2 Å². The first-order valence-electron chi connectivity index (χ1n) is 13.1. The van der Waals surface area contributed by atoms with Gasteiger partial charge in [0, 0.05) is 18.1 Å². The van der Waals surface area contributed by atoms with E-state index < -0.39 is 28.5 Å². The van der Waals surface area contributed by atoms with Crippen molar-refractivity contribution in [1.29, 1.82) is 0 Å². The number of aryl methyl sites for hydroxylation is 1. The van der Waals surface area contributed by atoms with Crippen molar-refractivity contribution in [3.8, 4) is 0 Å². The second-order valence-electron chi connectivity index (χ2n) is 9.93. The molecule has 0 aliphatic carbocycles. The molecule has 10 heteroatoms. The molecule has 1 atom stereocenters. The van der Waals surface area contributed by atoms with Gasteiger partial charge in [-0.15, -0.1) is 0 Å². The molecule has 0 radical (unpaired) electrons. The summed E-state index contributed by atoms with van der Waals surface area (Å²) in [6.07, 6.45) is 0.338. The quantitative estimate of drug-likeness (QED) is 0.272. The molecule has 1 N–H and O–H groups in total. The molecule has 3 rings (SSSR count). The van der Waals surface area contributed by atoms with Crippen LogP contribution in [0.15, 0.2) is 77.7 Å². The van der Waals surface area contributed by atoms with Crippen LogP contribution < -0.4 is 9.62 Å². The topological polar surface area (TPSA) is 86.8 Å². The van der Waals surface area contributed by atoms with Crippen LogP contribution in [0.5, 0.6) is 0 Å². The number of carbonyl (C=O) groups excluding carboxylic acids is 2. The first-order chi connectivity index (χ1) is 18.9. The summed E-state index contributed by atoms with van der Waals surface area (Å²) in [7, 11) is -4.23. The Morgan fingerprint density at radius 1 is 0.950 bits per heavy atom. The number of rotatable bonds is 12. The van der Waals surface area contributed by atoms with Crippen molar-refractivity contribution in [1.82, 2.24) is 10.2 Å². The molecule has 3 aromatic carbocycles. The first kappa shape index (κ1) is 31.5. The van der Waals surface area contributed by atoms with Crippen molar-refractivity contribution < 1.29 is 18.0 Å². The predicted molar refractivity (Wildman–Crippen MR) is 161 cm³/mol. The standard InChI is InChI=1S/C30H35Cl2N3O4S/c1-5-27(30(37)33-18-21(2)3)34(19-23-12-10-9-11-22(23)4)29(36)20-35(28-17-24(31)15-16-26(28)32)40(38,39)25-13-7-6-8-14-25/h6-17,21,27H,5,18-20H2,1-4H3,(H,33,37). The van der Waals surface area contributed by atoms with Crippen LogP contribution in [-0.4, -0.2) is 44.3 Å². The maximum Gasteiger partial charge on any atom is 0.264 e. The third-order valence-electron chi connectivity index (χ3n) is 6.46. The van der Waals surface area contributed by atoms with Crippen LogP contribution in [0.4, 0.5) is 5.69 Å². The number of carbonyl (C=O) groups is 2. The van der Waals surface area contributed by atoms with Crippen molar-refractivity contribution in [2.24, 2.45) is 5.92 Å². The van der Waals surface area contributed by atoms with Gasteiger partial charge in [0.1, 0.15) is 12.6 Å². The number of nitrogens with zero attached hydrogens (tertiary/aromatic N) is 2. The largest absolute Gasteiger partial charge is 0.354 e. The fourth-order valence-electron chi connectivity index (χ4n) is 4.22. The van der Waals surface area contributed by atoms with Crippen LogP contribution >= 0.6 is 23.2 Å². The molecule has 0 bridgehead atoms. The van der Waals surface area contributed by atoms with E-state index in [1.54, 1.807) is 24.3 Å². The van der Waals surface area contributed by atoms with Gasteiger partial charge in [-0.2, -0.15) is 0 Å². The zero-order valence-corrected chi connectivity index (χ0v) is 25.4. The Kier molecular flexibility index (Phi) is 11.0. The summed E-state index contributed by atoms with van der Waals surface area (Å²) in [5, 5.41) is 3.30. The SMILES string of the molecule is CCC(C(=O)NCC(C)C)N(Cc1ccccc1C)C(=O)CN(c1cc(Cl)ccc1Cl)S(=O)(=O)c1ccccc1. The van der Waals surface area contributed by atoms with Gasteiger partial charge in [-0.1, -0.05) is 86.4 Å². The second kappa shape index (κ2) is 14.0. The second-order valence-corrected chi connectivity index (χ2v) is 12.6. The lowest BCUT2D eigenvalue weighted by atomic mass is 10.1. The third-order valence-corrected chi connectivity index (χ3v) is 8.79. The van der Waals surface area contributed by atoms with Gasteiger partial charge in [0.05, 0.1) is 15.6 Å². The number of hydrogen-bond donors (Lipinski definition) is 1. The molecule has 2 amide bonds. The first-order valence-corrected chi connectivity index (χ1v) is 15.3. The fourth-order valence-corrected chi connectivity index (χ4v) is 6.10. The maximum atomic E-state index is 14.1. The Labute approximate surface area is 247 Å². The van der Waals surface area contributed by atoms with Gasteiger partial charge in [-0.05, 0) is 60.7 Å². The molecule has 7 nitrogen and oxygen atoms in total. The molecule has 0 saturated heterocycles. The van der Waals surface area contributed by atoms with E-state index in [1.807, 2.05) is 52.0 Å². The van der Waals surface area contributed by atoms with Crippen molar-refractivity contribution in [3.05, 3.63) is 94.0 Å². The molecule has 3 aromatic rings. The molecule has 0 heterocycles. The summed E-state index contributed by atoms with van der Waals surface area (Å²) in [5.74, 6) is -0.625. The van der Waals surface area contributed by atoms with E-state index in [1.165, 1.54) is 29.2 Å². The van der Waals surface area contributed by atoms with E-state index in [0.717, 1.165) is 15.4 Å². The zero-order chi connectivity index (χ0) is 29.4. The van der Waals surface area contributed by atoms with Crippen molar-refractivity contribution in [2.45, 2.75) is 51.6 Å². The van der Waals surface area contributed by atoms with Crippen LogP contribution in [0, 0.1) is 12.8 Å². The Hall–Kier alpha value is -3.07. The molecular formula is C30H35Cl2N3O4S. The van der Waals surface area contributed by atoms with Crippen LogP contribution in [-0.2, 0) is 26.2 Å². The smallest absolute Gasteiger partial charge is 0.264 e. The summed E-state index contributed by atoms with van der Waals surface area (Å²) >= 11 is 12.7. The van der Waals surface area contributed by atoms with Gasteiger partial charge in [0.2, 0.25) is 11.8 Å². The number of amides is 2. The molecule has 1 unspecified atom stereocenters. The highest BCUT2D eigenvalue weighted by Crippen LogP contribution is 2.33. The van der Waals surface area contributed by atoms with Crippen molar-refractivity contribution in [2.75, 3.05) is 17.4 Å². The van der Waals surface area contributed by atoms with Crippen LogP contribution in [0.25, 0.3) is 0 Å². The van der Waals surface area contributed by atoms with Crippen LogP contribution in [0.3, 0.4) is 0 Å². The number of sulfonamides is 1. The highest BCUT2D eigenvalue weighted by atomic mass is 35.5. The molecule has 0 spiro atoms. The summed E-state index contributed by atoms with van der Waals surface area (Å²) < 4.78 is 28.7. The van der Waals surface area contributed by atoms with E-state index >= 15 is 0 Å². The maximum absolute atomic E-state index is 14.1. The van der Waals surface area contributed by atoms with Gasteiger partial charge >= 0.3 is 0 Å². The molecule has 0 aromatic heterocycles. The van der Waals surface area contributed by atoms with E-state index in [2.05, 4.69) is 5.32 Å². The van der Waals surface area contributed by atoms with Gasteiger partial charge in [0.25, 0.3) is 10.0 Å².